The van der Waals surface area contributed by atoms with Gasteiger partial charge in [-0.1, -0.05) is 24.3 Å². The summed E-state index contributed by atoms with van der Waals surface area (Å²) in [6, 6.07) is 11.6. The number of benzene rings is 2. The molecule has 1 saturated carbocycles. The summed E-state index contributed by atoms with van der Waals surface area (Å²) in [5.41, 5.74) is 4.56. The number of ketones is 2. The van der Waals surface area contributed by atoms with E-state index in [2.05, 4.69) is 4.98 Å². The second kappa shape index (κ2) is 8.73. The van der Waals surface area contributed by atoms with Crippen LogP contribution < -0.4 is 5.73 Å². The molecule has 3 aromatic rings. The van der Waals surface area contributed by atoms with Gasteiger partial charge in [-0.2, -0.15) is 0 Å². The number of aliphatic hydroxyl groups excluding tert-OH is 2. The van der Waals surface area contributed by atoms with Crippen molar-refractivity contribution in [2.75, 3.05) is 14.1 Å². The summed E-state index contributed by atoms with van der Waals surface area (Å²) in [5, 5.41) is 45.8. The fraction of sp³-hybridized carbons (Fsp3) is 0.267. The van der Waals surface area contributed by atoms with Gasteiger partial charge in [0.1, 0.15) is 22.8 Å². The number of pyridine rings is 1. The molecule has 4 atom stereocenters. The zero-order valence-corrected chi connectivity index (χ0v) is 21.8. The molecular weight excluding hydrogens is 514 g/mol. The van der Waals surface area contributed by atoms with Crippen molar-refractivity contribution < 1.29 is 34.8 Å². The van der Waals surface area contributed by atoms with Crippen LogP contribution in [0, 0.1) is 11.8 Å². The number of phenols is 1. The molecule has 6 rings (SSSR count). The Bertz CT molecular complexity index is 1720. The number of Topliss-reactive ketones (excluding diaryl/α,β-unsaturated/α-hetero) is 2. The molecule has 1 fully saturated rings. The fourth-order valence-corrected chi connectivity index (χ4v) is 6.73. The Hall–Kier alpha value is -4.54. The number of likely N-dealkylation sites (N-methyl/N-ethyl adjacent to an activating group) is 1. The van der Waals surface area contributed by atoms with Crippen molar-refractivity contribution in [1.82, 2.24) is 9.88 Å². The van der Waals surface area contributed by atoms with Crippen LogP contribution in [-0.2, 0) is 20.8 Å². The first-order valence-corrected chi connectivity index (χ1v) is 12.8. The lowest BCUT2D eigenvalue weighted by Gasteiger charge is -2.50. The molecule has 3 aliphatic carbocycles. The van der Waals surface area contributed by atoms with Crippen LogP contribution in [0.2, 0.25) is 0 Å². The van der Waals surface area contributed by atoms with Crippen LogP contribution in [-0.4, -0.2) is 73.5 Å². The molecule has 1 amide bonds. The zero-order valence-electron chi connectivity index (χ0n) is 21.8. The van der Waals surface area contributed by atoms with Crippen molar-refractivity contribution >= 4 is 34.1 Å². The van der Waals surface area contributed by atoms with E-state index in [1.165, 1.54) is 11.0 Å². The lowest BCUT2D eigenvalue weighted by Crippen LogP contribution is -2.65. The molecule has 2 aromatic carbocycles. The molecule has 0 unspecified atom stereocenters. The van der Waals surface area contributed by atoms with Crippen LogP contribution in [0.1, 0.15) is 17.5 Å². The van der Waals surface area contributed by atoms with E-state index in [1.807, 2.05) is 30.3 Å². The number of aliphatic hydroxyl groups is 3. The average molecular weight is 542 g/mol. The van der Waals surface area contributed by atoms with Crippen LogP contribution in [0.3, 0.4) is 0 Å². The third-order valence-electron chi connectivity index (χ3n) is 8.51. The number of aromatic hydroxyl groups is 1. The van der Waals surface area contributed by atoms with E-state index < -0.39 is 58.0 Å². The highest BCUT2D eigenvalue weighted by Gasteiger charge is 2.64. The van der Waals surface area contributed by atoms with Gasteiger partial charge in [-0.15, -0.1) is 0 Å². The molecule has 204 valence electrons. The fourth-order valence-electron chi connectivity index (χ4n) is 6.73. The monoisotopic (exact) mass is 541 g/mol. The molecule has 1 aromatic heterocycles. The van der Waals surface area contributed by atoms with Crippen molar-refractivity contribution in [2.24, 2.45) is 17.6 Å². The summed E-state index contributed by atoms with van der Waals surface area (Å²) < 4.78 is 0. The molecule has 0 radical (unpaired) electrons. The molecule has 10 heteroatoms. The topological polar surface area (TPSA) is 174 Å². The molecule has 1 heterocycles. The minimum absolute atomic E-state index is 0.0246. The molecule has 0 spiro atoms. The lowest BCUT2D eigenvalue weighted by atomic mass is 9.57. The molecule has 40 heavy (non-hydrogen) atoms. The van der Waals surface area contributed by atoms with Crippen LogP contribution in [0.4, 0.5) is 0 Å². The lowest BCUT2D eigenvalue weighted by molar-refractivity contribution is -0.153. The number of aromatic nitrogens is 1. The number of hydrogen-bond acceptors (Lipinski definition) is 9. The molecule has 10 nitrogen and oxygen atoms in total. The third-order valence-corrected chi connectivity index (χ3v) is 8.51. The normalized spacial score (nSPS) is 26.1. The maximum absolute atomic E-state index is 14.0. The van der Waals surface area contributed by atoms with Crippen molar-refractivity contribution in [2.45, 2.75) is 24.5 Å². The number of primary amides is 1. The number of amides is 1. The Labute approximate surface area is 228 Å². The second-order valence-corrected chi connectivity index (χ2v) is 10.9. The van der Waals surface area contributed by atoms with Crippen molar-refractivity contribution in [1.29, 1.82) is 0 Å². The molecule has 0 saturated heterocycles. The van der Waals surface area contributed by atoms with Gasteiger partial charge in [0.2, 0.25) is 5.78 Å². The van der Waals surface area contributed by atoms with Crippen molar-refractivity contribution in [3.8, 4) is 16.9 Å². The number of hydrogen-bond donors (Lipinski definition) is 5. The summed E-state index contributed by atoms with van der Waals surface area (Å²) in [5.74, 6) is -6.77. The van der Waals surface area contributed by atoms with Gasteiger partial charge in [0.15, 0.2) is 11.4 Å². The van der Waals surface area contributed by atoms with Crippen LogP contribution in [0.15, 0.2) is 65.6 Å². The molecular formula is C30H27N3O7. The van der Waals surface area contributed by atoms with E-state index >= 15 is 0 Å². The summed E-state index contributed by atoms with van der Waals surface area (Å²) in [7, 11) is 3.13. The van der Waals surface area contributed by atoms with Gasteiger partial charge in [-0.05, 0) is 62.2 Å². The second-order valence-electron chi connectivity index (χ2n) is 10.9. The Balaban J connectivity index is 1.56. The predicted octanol–water partition coefficient (Wildman–Crippen LogP) is 2.18. The van der Waals surface area contributed by atoms with Gasteiger partial charge in [-0.3, -0.25) is 24.3 Å². The van der Waals surface area contributed by atoms with Gasteiger partial charge in [-0.25, -0.2) is 0 Å². The minimum atomic E-state index is -2.67. The molecule has 3 aliphatic rings. The Kier molecular flexibility index (Phi) is 5.62. The zero-order chi connectivity index (χ0) is 28.7. The van der Waals surface area contributed by atoms with Crippen LogP contribution in [0.25, 0.3) is 27.8 Å². The number of phenolic OH excluding ortho intramolecular Hbond substituents is 1. The average Bonchev–Trinajstić information content (AvgIpc) is 2.90. The van der Waals surface area contributed by atoms with Gasteiger partial charge < -0.3 is 26.2 Å². The molecule has 0 aliphatic heterocycles. The number of carbonyl (C=O) groups excluding carboxylic acids is 3. The number of rotatable bonds is 3. The Morgan fingerprint density at radius 2 is 1.82 bits per heavy atom. The first-order chi connectivity index (χ1) is 19.0. The van der Waals surface area contributed by atoms with Crippen molar-refractivity contribution in [3.05, 3.63) is 76.7 Å². The quantitative estimate of drug-likeness (QED) is 0.311. The SMILES string of the molecule is CN(C)[C@H]1C(=O)C(C(N)=O)=C(O)[C@@]2(O)C(=O)C3=C(O)c4c(O)ccc(-c5cnc6ccccc6c5)c4C[C@H]3C[C@@H]12. The standard InChI is InChI=1S/C30H27N3O7/c1-33(2)24-18-11-14-10-17-16(15-9-13-5-3-4-6-19(13)32-12-15)7-8-20(34)22(17)25(35)21(14)27(37)30(18,40)28(38)23(26(24)36)29(31)39/h3-9,12,14,18,24,34-35,38,40H,10-11H2,1-2H3,(H2,31,39)/t14-,18-,24+,30-/m0/s1. The number of nitrogens with zero attached hydrogens (tertiary/aromatic N) is 2. The molecule has 0 bridgehead atoms. The number of para-hydroxylation sites is 1. The van der Waals surface area contributed by atoms with Crippen molar-refractivity contribution in [3.63, 3.8) is 0 Å². The van der Waals surface area contributed by atoms with E-state index in [4.69, 9.17) is 5.73 Å². The number of fused-ring (bicyclic) bond motifs is 4. The summed E-state index contributed by atoms with van der Waals surface area (Å²) >= 11 is 0. The van der Waals surface area contributed by atoms with E-state index in [9.17, 15) is 34.8 Å². The molecule has 6 N–H and O–H groups in total. The van der Waals surface area contributed by atoms with E-state index in [1.54, 1.807) is 26.4 Å². The van der Waals surface area contributed by atoms with Crippen LogP contribution in [0.5, 0.6) is 5.75 Å². The maximum Gasteiger partial charge on any atom is 0.255 e. The highest BCUT2D eigenvalue weighted by atomic mass is 16.3. The third kappa shape index (κ3) is 3.36. The Morgan fingerprint density at radius 3 is 2.52 bits per heavy atom. The van der Waals surface area contributed by atoms with Gasteiger partial charge in [0.05, 0.1) is 17.1 Å². The smallest absolute Gasteiger partial charge is 0.255 e. The predicted molar refractivity (Wildman–Crippen MR) is 145 cm³/mol. The van der Waals surface area contributed by atoms with Gasteiger partial charge in [0, 0.05) is 28.6 Å². The summed E-state index contributed by atoms with van der Waals surface area (Å²) in [6.45, 7) is 0. The number of nitrogens with two attached hydrogens (primary N) is 1. The maximum atomic E-state index is 14.0. The van der Waals surface area contributed by atoms with E-state index in [0.29, 0.717) is 11.1 Å². The van der Waals surface area contributed by atoms with Gasteiger partial charge >= 0.3 is 0 Å². The first-order valence-electron chi connectivity index (χ1n) is 12.8. The van der Waals surface area contributed by atoms with E-state index in [0.717, 1.165) is 16.5 Å². The minimum Gasteiger partial charge on any atom is -0.508 e. The summed E-state index contributed by atoms with van der Waals surface area (Å²) in [6.07, 6.45) is 1.92. The highest BCUT2D eigenvalue weighted by Crippen LogP contribution is 2.53. The highest BCUT2D eigenvalue weighted by molar-refractivity contribution is 6.24. The Morgan fingerprint density at radius 1 is 1.10 bits per heavy atom. The largest absolute Gasteiger partial charge is 0.508 e. The number of carbonyl (C=O) groups is 3. The summed E-state index contributed by atoms with van der Waals surface area (Å²) in [4.78, 5) is 45.3. The van der Waals surface area contributed by atoms with E-state index in [-0.39, 0.29) is 29.7 Å². The van der Waals surface area contributed by atoms with Gasteiger partial charge in [0.25, 0.3) is 5.91 Å². The van der Waals surface area contributed by atoms with Crippen LogP contribution >= 0.6 is 0 Å². The first kappa shape index (κ1) is 25.7.